The summed E-state index contributed by atoms with van der Waals surface area (Å²) in [6.07, 6.45) is 6.43. The lowest BCUT2D eigenvalue weighted by atomic mass is 10.2. The molecule has 0 radical (unpaired) electrons. The van der Waals surface area contributed by atoms with Crippen molar-refractivity contribution in [2.45, 2.75) is 41.0 Å². The maximum atomic E-state index is 12.0. The number of Topliss-reactive ketones (excluding diaryl/α,β-unsaturated/α-hetero) is 1. The van der Waals surface area contributed by atoms with Crippen LogP contribution in [0.5, 0.6) is 0 Å². The van der Waals surface area contributed by atoms with Crippen LogP contribution in [0.4, 0.5) is 0 Å². The summed E-state index contributed by atoms with van der Waals surface area (Å²) in [4.78, 5) is 16.2. The van der Waals surface area contributed by atoms with Crippen LogP contribution in [-0.4, -0.2) is 49.3 Å². The normalized spacial score (nSPS) is 10.8. The van der Waals surface area contributed by atoms with Gasteiger partial charge in [0.1, 0.15) is 11.5 Å². The highest BCUT2D eigenvalue weighted by Crippen LogP contribution is 2.12. The minimum absolute atomic E-state index is 0.0339. The summed E-state index contributed by atoms with van der Waals surface area (Å²) in [7, 11) is 3.98. The van der Waals surface area contributed by atoms with E-state index in [0.717, 1.165) is 24.6 Å². The van der Waals surface area contributed by atoms with E-state index in [4.69, 9.17) is 5.73 Å². The van der Waals surface area contributed by atoms with Crippen LogP contribution in [0.3, 0.4) is 0 Å². The molecule has 0 bridgehead atoms. The third kappa shape index (κ3) is 11.0. The summed E-state index contributed by atoms with van der Waals surface area (Å²) in [5, 5.41) is 3.26. The Morgan fingerprint density at radius 2 is 1.66 bits per heavy atom. The average Bonchev–Trinajstić information content (AvgIpc) is 2.71. The van der Waals surface area contributed by atoms with Crippen molar-refractivity contribution in [3.63, 3.8) is 0 Å². The number of rotatable bonds is 10. The van der Waals surface area contributed by atoms with Gasteiger partial charge in [0.15, 0.2) is 5.78 Å². The smallest absolute Gasteiger partial charge is 0.179 e. The molecule has 0 atom stereocenters. The third-order valence-electron chi connectivity index (χ3n) is 4.41. The molecule has 1 aromatic rings. The molecule has 1 rings (SSSR count). The van der Waals surface area contributed by atoms with E-state index in [2.05, 4.69) is 48.0 Å². The Labute approximate surface area is 178 Å². The van der Waals surface area contributed by atoms with Crippen molar-refractivity contribution >= 4 is 5.78 Å². The van der Waals surface area contributed by atoms with Crippen molar-refractivity contribution in [1.29, 1.82) is 0 Å². The molecular formula is C24H40N4O. The highest BCUT2D eigenvalue weighted by molar-refractivity contribution is 5.93. The fraction of sp³-hybridized carbons (Fsp3) is 0.458. The fourth-order valence-corrected chi connectivity index (χ4v) is 2.50. The predicted octanol–water partition coefficient (Wildman–Crippen LogP) is 4.04. The van der Waals surface area contributed by atoms with Crippen molar-refractivity contribution in [2.24, 2.45) is 5.73 Å². The number of nitrogens with zero attached hydrogens (tertiary/aromatic N) is 2. The number of hydrogen-bond donors (Lipinski definition) is 2. The number of carbonyl (C=O) groups excluding carboxylic acids is 1. The predicted molar refractivity (Wildman–Crippen MR) is 125 cm³/mol. The molecule has 5 nitrogen and oxygen atoms in total. The van der Waals surface area contributed by atoms with E-state index in [1.807, 2.05) is 57.4 Å². The highest BCUT2D eigenvalue weighted by atomic mass is 16.1. The van der Waals surface area contributed by atoms with Gasteiger partial charge in [-0.05, 0) is 33.8 Å². The molecule has 5 heteroatoms. The second kappa shape index (κ2) is 15.3. The van der Waals surface area contributed by atoms with Crippen molar-refractivity contribution in [2.75, 3.05) is 33.7 Å². The Bertz CT molecular complexity index is 665. The number of allylic oxidation sites excluding steroid dienone is 4. The van der Waals surface area contributed by atoms with Gasteiger partial charge < -0.3 is 20.9 Å². The van der Waals surface area contributed by atoms with E-state index in [1.54, 1.807) is 6.92 Å². The Morgan fingerprint density at radius 1 is 1.10 bits per heavy atom. The molecule has 0 aromatic heterocycles. The minimum Gasteiger partial charge on any atom is -0.402 e. The Morgan fingerprint density at radius 3 is 2.03 bits per heavy atom. The summed E-state index contributed by atoms with van der Waals surface area (Å²) < 4.78 is 0. The van der Waals surface area contributed by atoms with Gasteiger partial charge in [0.25, 0.3) is 0 Å². The zero-order chi connectivity index (χ0) is 22.2. The number of aryl methyl sites for hydroxylation is 1. The molecule has 0 fully saturated rings. The van der Waals surface area contributed by atoms with Gasteiger partial charge in [0.2, 0.25) is 0 Å². The van der Waals surface area contributed by atoms with Crippen LogP contribution in [0.15, 0.2) is 65.8 Å². The molecule has 0 aliphatic carbocycles. The van der Waals surface area contributed by atoms with Gasteiger partial charge in [-0.3, -0.25) is 4.79 Å². The van der Waals surface area contributed by atoms with E-state index < -0.39 is 0 Å². The van der Waals surface area contributed by atoms with Gasteiger partial charge in [-0.15, -0.1) is 0 Å². The van der Waals surface area contributed by atoms with Gasteiger partial charge in [0, 0.05) is 52.8 Å². The molecule has 0 heterocycles. The summed E-state index contributed by atoms with van der Waals surface area (Å²) >= 11 is 0. The third-order valence-corrected chi connectivity index (χ3v) is 4.41. The molecule has 0 spiro atoms. The fourth-order valence-electron chi connectivity index (χ4n) is 2.50. The number of benzene rings is 1. The van der Waals surface area contributed by atoms with Gasteiger partial charge in [-0.25, -0.2) is 0 Å². The van der Waals surface area contributed by atoms with Crippen LogP contribution in [0, 0.1) is 6.92 Å². The SMILES string of the molecule is C/C=C\C=C(/N)CCNC(C(C)=O)=C(N(C)CC)N(C)CC.Cc1ccccc1. The van der Waals surface area contributed by atoms with Crippen LogP contribution in [0.25, 0.3) is 0 Å². The quantitative estimate of drug-likeness (QED) is 0.458. The second-order valence-corrected chi connectivity index (χ2v) is 6.88. The van der Waals surface area contributed by atoms with Crippen molar-refractivity contribution in [3.8, 4) is 0 Å². The van der Waals surface area contributed by atoms with E-state index >= 15 is 0 Å². The molecule has 1 aromatic carbocycles. The average molecular weight is 401 g/mol. The molecule has 0 unspecified atom stereocenters. The molecular weight excluding hydrogens is 360 g/mol. The zero-order valence-electron chi connectivity index (χ0n) is 19.3. The maximum Gasteiger partial charge on any atom is 0.179 e. The summed E-state index contributed by atoms with van der Waals surface area (Å²) in [6, 6.07) is 10.3. The highest BCUT2D eigenvalue weighted by Gasteiger charge is 2.17. The Balaban J connectivity index is 0.000000929. The van der Waals surface area contributed by atoms with Crippen molar-refractivity contribution in [1.82, 2.24) is 15.1 Å². The lowest BCUT2D eigenvalue weighted by molar-refractivity contribution is -0.114. The van der Waals surface area contributed by atoms with Crippen LogP contribution in [0.1, 0.15) is 39.7 Å². The molecule has 0 amide bonds. The van der Waals surface area contributed by atoms with Gasteiger partial charge in [-0.1, -0.05) is 48.0 Å². The van der Waals surface area contributed by atoms with Gasteiger partial charge in [-0.2, -0.15) is 0 Å². The first-order chi connectivity index (χ1) is 13.8. The first-order valence-electron chi connectivity index (χ1n) is 10.3. The summed E-state index contributed by atoms with van der Waals surface area (Å²) in [6.45, 7) is 12.1. The molecule has 29 heavy (non-hydrogen) atoms. The van der Waals surface area contributed by atoms with Crippen LogP contribution < -0.4 is 11.1 Å². The monoisotopic (exact) mass is 400 g/mol. The molecule has 3 N–H and O–H groups in total. The number of hydrogen-bond acceptors (Lipinski definition) is 5. The topological polar surface area (TPSA) is 61.6 Å². The first-order valence-corrected chi connectivity index (χ1v) is 10.3. The van der Waals surface area contributed by atoms with Crippen LogP contribution in [-0.2, 0) is 4.79 Å². The molecule has 0 saturated carbocycles. The largest absolute Gasteiger partial charge is 0.402 e. The summed E-state index contributed by atoms with van der Waals surface area (Å²) in [5.41, 5.74) is 8.68. The van der Waals surface area contributed by atoms with Crippen LogP contribution >= 0.6 is 0 Å². The first kappa shape index (κ1) is 26.3. The van der Waals surface area contributed by atoms with Crippen molar-refractivity contribution < 1.29 is 4.79 Å². The number of nitrogens with one attached hydrogen (secondary N) is 1. The molecule has 0 saturated heterocycles. The Kier molecular flexibility index (Phi) is 13.8. The van der Waals surface area contributed by atoms with E-state index in [-0.39, 0.29) is 5.78 Å². The number of nitrogens with two attached hydrogens (primary N) is 1. The maximum absolute atomic E-state index is 12.0. The zero-order valence-corrected chi connectivity index (χ0v) is 19.3. The Hall–Kier alpha value is -2.69. The molecule has 0 aliphatic rings. The van der Waals surface area contributed by atoms with Gasteiger partial charge in [0.05, 0.1) is 0 Å². The van der Waals surface area contributed by atoms with E-state index in [9.17, 15) is 4.79 Å². The lowest BCUT2D eigenvalue weighted by Crippen LogP contribution is -2.37. The molecule has 0 aliphatic heterocycles. The van der Waals surface area contributed by atoms with Gasteiger partial charge >= 0.3 is 0 Å². The summed E-state index contributed by atoms with van der Waals surface area (Å²) in [5.74, 6) is 0.958. The van der Waals surface area contributed by atoms with Crippen LogP contribution in [0.2, 0.25) is 0 Å². The second-order valence-electron chi connectivity index (χ2n) is 6.88. The molecule has 162 valence electrons. The van der Waals surface area contributed by atoms with E-state index in [1.165, 1.54) is 5.56 Å². The lowest BCUT2D eigenvalue weighted by Gasteiger charge is -2.31. The standard InChI is InChI=1S/C17H32N4O.C7H8/c1-7-10-11-15(18)12-13-19-16(14(4)22)17(20(5)8-2)21(6)9-3;1-7-5-3-2-4-6-7/h7,10-11,19H,8-9,12-13,18H2,1-6H3;2-6H,1H3/b10-7-,15-11-;. The van der Waals surface area contributed by atoms with E-state index in [0.29, 0.717) is 18.7 Å². The minimum atomic E-state index is 0.0339. The van der Waals surface area contributed by atoms with Crippen molar-refractivity contribution in [3.05, 3.63) is 71.3 Å². The number of carbonyl (C=O) groups is 1. The number of ketones is 1.